The van der Waals surface area contributed by atoms with E-state index in [1.807, 2.05) is 30.3 Å². The molecular formula is C17H16N6O2. The van der Waals surface area contributed by atoms with Crippen molar-refractivity contribution in [3.8, 4) is 0 Å². The van der Waals surface area contributed by atoms with Crippen molar-refractivity contribution in [2.45, 2.75) is 18.6 Å². The smallest absolute Gasteiger partial charge is 0.229 e. The Hall–Kier alpha value is -3.10. The van der Waals surface area contributed by atoms with Gasteiger partial charge in [0.25, 0.3) is 0 Å². The second-order valence-corrected chi connectivity index (χ2v) is 5.52. The molecule has 1 saturated heterocycles. The summed E-state index contributed by atoms with van der Waals surface area (Å²) in [6.07, 6.45) is 3.32. The summed E-state index contributed by atoms with van der Waals surface area (Å²) in [4.78, 5) is 20.0. The second-order valence-electron chi connectivity index (χ2n) is 5.52. The van der Waals surface area contributed by atoms with E-state index >= 15 is 0 Å². The zero-order valence-electron chi connectivity index (χ0n) is 13.2. The van der Waals surface area contributed by atoms with Gasteiger partial charge in [-0.25, -0.2) is 19.9 Å². The molecule has 0 unspecified atom stereocenters. The maximum Gasteiger partial charge on any atom is 0.229 e. The molecule has 1 aromatic carbocycles. The van der Waals surface area contributed by atoms with E-state index < -0.39 is 18.6 Å². The van der Waals surface area contributed by atoms with Gasteiger partial charge >= 0.3 is 0 Å². The van der Waals surface area contributed by atoms with Crippen LogP contribution in [0.1, 0.15) is 11.7 Å². The van der Waals surface area contributed by atoms with Crippen LogP contribution in [-0.4, -0.2) is 42.6 Å². The molecule has 3 aromatic rings. The van der Waals surface area contributed by atoms with Crippen LogP contribution in [0, 0.1) is 0 Å². The van der Waals surface area contributed by atoms with Crippen LogP contribution in [0.25, 0.3) is 0 Å². The van der Waals surface area contributed by atoms with Crippen LogP contribution >= 0.6 is 0 Å². The summed E-state index contributed by atoms with van der Waals surface area (Å²) >= 11 is 0. The van der Waals surface area contributed by atoms with Gasteiger partial charge in [-0.3, -0.25) is 9.80 Å². The predicted molar refractivity (Wildman–Crippen MR) is 90.2 cm³/mol. The van der Waals surface area contributed by atoms with Gasteiger partial charge in [-0.2, -0.15) is 0 Å². The Morgan fingerprint density at radius 1 is 0.640 bits per heavy atom. The van der Waals surface area contributed by atoms with Crippen LogP contribution in [0.5, 0.6) is 0 Å². The van der Waals surface area contributed by atoms with E-state index in [0.717, 1.165) is 5.56 Å². The Balaban J connectivity index is 1.86. The maximum atomic E-state index is 10.7. The van der Waals surface area contributed by atoms with Gasteiger partial charge in [0.15, 0.2) is 12.5 Å². The van der Waals surface area contributed by atoms with Crippen molar-refractivity contribution < 1.29 is 10.2 Å². The maximum absolute atomic E-state index is 10.7. The van der Waals surface area contributed by atoms with Crippen LogP contribution in [-0.2, 0) is 0 Å². The molecule has 1 aliphatic heterocycles. The molecule has 25 heavy (non-hydrogen) atoms. The van der Waals surface area contributed by atoms with Crippen LogP contribution < -0.4 is 9.80 Å². The van der Waals surface area contributed by atoms with E-state index in [0.29, 0.717) is 11.9 Å². The molecule has 1 aliphatic rings. The summed E-state index contributed by atoms with van der Waals surface area (Å²) < 4.78 is 0. The van der Waals surface area contributed by atoms with Crippen molar-refractivity contribution in [3.63, 3.8) is 0 Å². The van der Waals surface area contributed by atoms with Crippen LogP contribution in [0.3, 0.4) is 0 Å². The van der Waals surface area contributed by atoms with Crippen LogP contribution in [0.2, 0.25) is 0 Å². The third kappa shape index (κ3) is 2.67. The van der Waals surface area contributed by atoms with Gasteiger partial charge in [-0.1, -0.05) is 30.3 Å². The molecule has 126 valence electrons. The molecule has 3 heterocycles. The van der Waals surface area contributed by atoms with Crippen LogP contribution in [0.15, 0.2) is 67.3 Å². The van der Waals surface area contributed by atoms with Crippen LogP contribution in [0.4, 0.5) is 11.9 Å². The number of nitrogens with zero attached hydrogens (tertiary/aromatic N) is 6. The predicted octanol–water partition coefficient (Wildman–Crippen LogP) is 0.929. The summed E-state index contributed by atoms with van der Waals surface area (Å²) in [7, 11) is 0. The monoisotopic (exact) mass is 336 g/mol. The van der Waals surface area contributed by atoms with Gasteiger partial charge < -0.3 is 10.2 Å². The fourth-order valence-corrected chi connectivity index (χ4v) is 2.96. The number of aromatic nitrogens is 4. The Morgan fingerprint density at radius 3 is 1.52 bits per heavy atom. The van der Waals surface area contributed by atoms with E-state index in [9.17, 15) is 10.2 Å². The lowest BCUT2D eigenvalue weighted by Crippen LogP contribution is -2.37. The number of rotatable bonds is 3. The zero-order chi connectivity index (χ0) is 17.2. The minimum Gasteiger partial charge on any atom is -0.369 e. The molecule has 8 nitrogen and oxygen atoms in total. The number of aliphatic hydroxyl groups excluding tert-OH is 2. The number of hydrogen-bond acceptors (Lipinski definition) is 8. The Kier molecular flexibility index (Phi) is 3.96. The molecule has 2 N–H and O–H groups in total. The fourth-order valence-electron chi connectivity index (χ4n) is 2.96. The van der Waals surface area contributed by atoms with Gasteiger partial charge in [0.1, 0.15) is 6.17 Å². The number of anilines is 2. The zero-order valence-corrected chi connectivity index (χ0v) is 13.2. The molecule has 0 bridgehead atoms. The molecular weight excluding hydrogens is 320 g/mol. The van der Waals surface area contributed by atoms with Crippen molar-refractivity contribution in [2.24, 2.45) is 0 Å². The highest BCUT2D eigenvalue weighted by molar-refractivity contribution is 5.50. The van der Waals surface area contributed by atoms with E-state index in [1.165, 1.54) is 0 Å². The molecule has 1 fully saturated rings. The van der Waals surface area contributed by atoms with Gasteiger partial charge in [0, 0.05) is 24.8 Å². The molecule has 0 spiro atoms. The molecule has 2 aromatic heterocycles. The Bertz CT molecular complexity index is 769. The second kappa shape index (κ2) is 6.42. The molecule has 8 heteroatoms. The highest BCUT2D eigenvalue weighted by Gasteiger charge is 2.49. The minimum atomic E-state index is -1.24. The van der Waals surface area contributed by atoms with E-state index in [2.05, 4.69) is 19.9 Å². The summed E-state index contributed by atoms with van der Waals surface area (Å²) in [6.45, 7) is 0. The highest BCUT2D eigenvalue weighted by atomic mass is 16.4. The quantitative estimate of drug-likeness (QED) is 0.729. The summed E-state index contributed by atoms with van der Waals surface area (Å²) in [5.74, 6) is 0.614. The Labute approximate surface area is 144 Å². The lowest BCUT2D eigenvalue weighted by molar-refractivity contribution is 0.0448. The largest absolute Gasteiger partial charge is 0.369 e. The summed E-state index contributed by atoms with van der Waals surface area (Å²) in [6, 6.07) is 12.9. The number of hydrogen-bond donors (Lipinski definition) is 2. The molecule has 0 amide bonds. The van der Waals surface area contributed by atoms with Crippen molar-refractivity contribution in [3.05, 3.63) is 72.8 Å². The number of benzene rings is 1. The van der Waals surface area contributed by atoms with Crippen molar-refractivity contribution >= 4 is 11.9 Å². The highest BCUT2D eigenvalue weighted by Crippen LogP contribution is 2.39. The van der Waals surface area contributed by atoms with Gasteiger partial charge in [-0.15, -0.1) is 0 Å². The van der Waals surface area contributed by atoms with Crippen molar-refractivity contribution in [1.82, 2.24) is 19.9 Å². The molecule has 0 saturated carbocycles. The topological polar surface area (TPSA) is 98.5 Å². The third-order valence-corrected chi connectivity index (χ3v) is 4.03. The first-order valence-electron chi connectivity index (χ1n) is 7.79. The molecule has 0 aliphatic carbocycles. The van der Waals surface area contributed by atoms with Gasteiger partial charge in [0.05, 0.1) is 0 Å². The van der Waals surface area contributed by atoms with E-state index in [4.69, 9.17) is 0 Å². The lowest BCUT2D eigenvalue weighted by atomic mass is 10.1. The Morgan fingerprint density at radius 2 is 1.08 bits per heavy atom. The van der Waals surface area contributed by atoms with Gasteiger partial charge in [0.2, 0.25) is 11.9 Å². The van der Waals surface area contributed by atoms with Crippen molar-refractivity contribution in [1.29, 1.82) is 0 Å². The summed E-state index contributed by atoms with van der Waals surface area (Å²) in [5, 5.41) is 21.3. The third-order valence-electron chi connectivity index (χ3n) is 4.03. The van der Waals surface area contributed by atoms with Crippen molar-refractivity contribution in [2.75, 3.05) is 9.80 Å². The average Bonchev–Trinajstić information content (AvgIpc) is 2.95. The molecule has 2 atom stereocenters. The first kappa shape index (κ1) is 15.4. The van der Waals surface area contributed by atoms with E-state index in [-0.39, 0.29) is 0 Å². The summed E-state index contributed by atoms with van der Waals surface area (Å²) in [5.41, 5.74) is 0.845. The number of aliphatic hydroxyl groups is 2. The average molecular weight is 336 g/mol. The minimum absolute atomic E-state index is 0.307. The SMILES string of the molecule is O[C@@H]1[C@@H](O)N(c2ncccn2)C(c2ccccc2)N1c1ncccn1. The first-order chi connectivity index (χ1) is 12.3. The lowest BCUT2D eigenvalue weighted by Gasteiger charge is -2.30. The van der Waals surface area contributed by atoms with Gasteiger partial charge in [-0.05, 0) is 17.7 Å². The fraction of sp³-hybridized carbons (Fsp3) is 0.176. The van der Waals surface area contributed by atoms with E-state index in [1.54, 1.807) is 46.7 Å². The standard InChI is InChI=1S/C17H16N6O2/c24-14-15(25)23(17-20-10-5-11-21-17)13(12-6-2-1-3-7-12)22(14)16-18-8-4-9-19-16/h1-11,13-15,24-25H/t14-,15-/m1/s1. The normalized spacial score (nSPS) is 20.9. The molecule has 0 radical (unpaired) electrons. The molecule has 4 rings (SSSR count). The first-order valence-corrected chi connectivity index (χ1v) is 7.79.